The Bertz CT molecular complexity index is 483. The molecule has 4 nitrogen and oxygen atoms in total. The molecule has 0 aliphatic carbocycles. The Labute approximate surface area is 93.9 Å². The quantitative estimate of drug-likeness (QED) is 0.739. The van der Waals surface area contributed by atoms with Crippen molar-refractivity contribution >= 4 is 5.78 Å². The number of rotatable bonds is 4. The Morgan fingerprint density at radius 1 is 1.56 bits per heavy atom. The summed E-state index contributed by atoms with van der Waals surface area (Å²) in [6.45, 7) is 4.72. The molecule has 0 radical (unpaired) electrons. The number of ketones is 1. The summed E-state index contributed by atoms with van der Waals surface area (Å²) < 4.78 is 6.75. The fraction of sp³-hybridized carbons (Fsp3) is 0.333. The highest BCUT2D eigenvalue weighted by Gasteiger charge is 2.12. The molecule has 0 fully saturated rings. The Morgan fingerprint density at radius 3 is 3.00 bits per heavy atom. The fourth-order valence-corrected chi connectivity index (χ4v) is 1.70. The summed E-state index contributed by atoms with van der Waals surface area (Å²) in [4.78, 5) is 11.9. The van der Waals surface area contributed by atoms with Crippen molar-refractivity contribution in [2.45, 2.75) is 26.8 Å². The first kappa shape index (κ1) is 10.7. The van der Waals surface area contributed by atoms with E-state index in [2.05, 4.69) is 5.10 Å². The second-order valence-electron chi connectivity index (χ2n) is 3.70. The fourth-order valence-electron chi connectivity index (χ4n) is 1.70. The first-order valence-electron chi connectivity index (χ1n) is 5.29. The third kappa shape index (κ3) is 2.05. The van der Waals surface area contributed by atoms with Gasteiger partial charge in [0.05, 0.1) is 23.9 Å². The second-order valence-corrected chi connectivity index (χ2v) is 3.70. The van der Waals surface area contributed by atoms with Crippen LogP contribution in [0.5, 0.6) is 0 Å². The predicted molar refractivity (Wildman–Crippen MR) is 59.4 cm³/mol. The maximum Gasteiger partial charge on any atom is 0.172 e. The Balaban J connectivity index is 2.17. The first-order valence-corrected chi connectivity index (χ1v) is 5.29. The minimum Gasteiger partial charge on any atom is -0.472 e. The lowest BCUT2D eigenvalue weighted by Gasteiger charge is -2.02. The van der Waals surface area contributed by atoms with E-state index < -0.39 is 0 Å². The molecule has 0 unspecified atom stereocenters. The summed E-state index contributed by atoms with van der Waals surface area (Å²) in [5.74, 6) is 0.0587. The number of aromatic nitrogens is 2. The molecule has 0 bridgehead atoms. The van der Waals surface area contributed by atoms with Crippen molar-refractivity contribution in [1.29, 1.82) is 0 Å². The minimum atomic E-state index is 0.0587. The zero-order valence-electron chi connectivity index (χ0n) is 9.43. The van der Waals surface area contributed by atoms with Crippen molar-refractivity contribution in [3.05, 3.63) is 41.6 Å². The van der Waals surface area contributed by atoms with Crippen LogP contribution in [0.3, 0.4) is 0 Å². The molecule has 0 saturated heterocycles. The average Bonchev–Trinajstić information content (AvgIpc) is 2.87. The van der Waals surface area contributed by atoms with Crippen LogP contribution in [0.25, 0.3) is 0 Å². The maximum atomic E-state index is 11.9. The normalized spacial score (nSPS) is 10.6. The molecule has 0 amide bonds. The predicted octanol–water partition coefficient (Wildman–Crippen LogP) is 2.23. The lowest BCUT2D eigenvalue weighted by Crippen LogP contribution is -2.09. The summed E-state index contributed by atoms with van der Waals surface area (Å²) in [5, 5.41) is 4.30. The first-order chi connectivity index (χ1) is 7.70. The Hall–Kier alpha value is -1.84. The van der Waals surface area contributed by atoms with Crippen LogP contribution in [0.4, 0.5) is 0 Å². The van der Waals surface area contributed by atoms with Crippen LogP contribution in [0.1, 0.15) is 28.7 Å². The van der Waals surface area contributed by atoms with E-state index in [4.69, 9.17) is 4.42 Å². The van der Waals surface area contributed by atoms with Gasteiger partial charge in [0.25, 0.3) is 0 Å². The highest BCUT2D eigenvalue weighted by Crippen LogP contribution is 2.09. The zero-order chi connectivity index (χ0) is 11.5. The van der Waals surface area contributed by atoms with E-state index in [1.807, 2.05) is 24.6 Å². The van der Waals surface area contributed by atoms with E-state index in [9.17, 15) is 4.79 Å². The SMILES string of the molecule is CCn1nc(C)cc1CC(=O)c1ccoc1. The number of carbonyl (C=O) groups excluding carboxylic acids is 1. The molecule has 2 heterocycles. The van der Waals surface area contributed by atoms with E-state index in [1.54, 1.807) is 6.07 Å². The van der Waals surface area contributed by atoms with Gasteiger partial charge in [-0.1, -0.05) is 0 Å². The standard InChI is InChI=1S/C12H14N2O2/c1-3-14-11(6-9(2)13-14)7-12(15)10-4-5-16-8-10/h4-6,8H,3,7H2,1-2H3. The van der Waals surface area contributed by atoms with Crippen LogP contribution in [-0.4, -0.2) is 15.6 Å². The van der Waals surface area contributed by atoms with E-state index in [1.165, 1.54) is 12.5 Å². The largest absolute Gasteiger partial charge is 0.472 e. The molecule has 0 aliphatic rings. The number of aryl methyl sites for hydroxylation is 2. The van der Waals surface area contributed by atoms with Gasteiger partial charge in [-0.15, -0.1) is 0 Å². The van der Waals surface area contributed by atoms with Gasteiger partial charge < -0.3 is 4.42 Å². The van der Waals surface area contributed by atoms with Gasteiger partial charge in [-0.05, 0) is 26.0 Å². The van der Waals surface area contributed by atoms with Gasteiger partial charge in [0.15, 0.2) is 5.78 Å². The lowest BCUT2D eigenvalue weighted by atomic mass is 10.1. The number of carbonyl (C=O) groups is 1. The number of hydrogen-bond acceptors (Lipinski definition) is 3. The summed E-state index contributed by atoms with van der Waals surface area (Å²) >= 11 is 0. The molecule has 4 heteroatoms. The van der Waals surface area contributed by atoms with E-state index in [0.29, 0.717) is 12.0 Å². The molecule has 0 aromatic carbocycles. The van der Waals surface area contributed by atoms with Gasteiger partial charge in [0.2, 0.25) is 0 Å². The Kier molecular flexibility index (Phi) is 2.90. The van der Waals surface area contributed by atoms with Crippen LogP contribution in [-0.2, 0) is 13.0 Å². The van der Waals surface area contributed by atoms with Crippen LogP contribution in [0, 0.1) is 6.92 Å². The molecular weight excluding hydrogens is 204 g/mol. The lowest BCUT2D eigenvalue weighted by molar-refractivity contribution is 0.0990. The van der Waals surface area contributed by atoms with Gasteiger partial charge in [-0.25, -0.2) is 0 Å². The van der Waals surface area contributed by atoms with E-state index in [0.717, 1.165) is 17.9 Å². The van der Waals surface area contributed by atoms with Gasteiger partial charge in [-0.2, -0.15) is 5.10 Å². The van der Waals surface area contributed by atoms with Crippen molar-refractivity contribution < 1.29 is 9.21 Å². The monoisotopic (exact) mass is 218 g/mol. The van der Waals surface area contributed by atoms with Gasteiger partial charge in [0, 0.05) is 12.2 Å². The number of nitrogens with zero attached hydrogens (tertiary/aromatic N) is 2. The summed E-state index contributed by atoms with van der Waals surface area (Å²) in [5.41, 5.74) is 2.50. The van der Waals surface area contributed by atoms with E-state index in [-0.39, 0.29) is 5.78 Å². The zero-order valence-corrected chi connectivity index (χ0v) is 9.43. The van der Waals surface area contributed by atoms with Crippen molar-refractivity contribution in [2.75, 3.05) is 0 Å². The third-order valence-corrected chi connectivity index (χ3v) is 2.47. The molecule has 0 saturated carbocycles. The van der Waals surface area contributed by atoms with Gasteiger partial charge in [0.1, 0.15) is 6.26 Å². The molecule has 0 N–H and O–H groups in total. The average molecular weight is 218 g/mol. The van der Waals surface area contributed by atoms with Gasteiger partial charge in [-0.3, -0.25) is 9.48 Å². The molecule has 2 aromatic heterocycles. The van der Waals surface area contributed by atoms with Gasteiger partial charge >= 0.3 is 0 Å². The highest BCUT2D eigenvalue weighted by molar-refractivity contribution is 5.96. The number of Topliss-reactive ketones (excluding diaryl/α,β-unsaturated/α-hetero) is 1. The molecule has 2 rings (SSSR count). The van der Waals surface area contributed by atoms with Crippen molar-refractivity contribution in [3.8, 4) is 0 Å². The topological polar surface area (TPSA) is 48.0 Å². The van der Waals surface area contributed by atoms with Crippen LogP contribution < -0.4 is 0 Å². The Morgan fingerprint density at radius 2 is 2.38 bits per heavy atom. The minimum absolute atomic E-state index is 0.0587. The molecular formula is C12H14N2O2. The van der Waals surface area contributed by atoms with Crippen LogP contribution in [0.15, 0.2) is 29.1 Å². The number of hydrogen-bond donors (Lipinski definition) is 0. The highest BCUT2D eigenvalue weighted by atomic mass is 16.3. The van der Waals surface area contributed by atoms with Crippen molar-refractivity contribution in [2.24, 2.45) is 0 Å². The molecule has 2 aromatic rings. The van der Waals surface area contributed by atoms with Crippen LogP contribution in [0.2, 0.25) is 0 Å². The van der Waals surface area contributed by atoms with Crippen molar-refractivity contribution in [1.82, 2.24) is 9.78 Å². The number of furan rings is 1. The second kappa shape index (κ2) is 4.35. The summed E-state index contributed by atoms with van der Waals surface area (Å²) in [6, 6.07) is 3.63. The molecule has 0 spiro atoms. The van der Waals surface area contributed by atoms with E-state index >= 15 is 0 Å². The molecule has 0 aliphatic heterocycles. The summed E-state index contributed by atoms with van der Waals surface area (Å²) in [6.07, 6.45) is 3.35. The smallest absolute Gasteiger partial charge is 0.172 e. The third-order valence-electron chi connectivity index (χ3n) is 2.47. The van der Waals surface area contributed by atoms with Crippen LogP contribution >= 0.6 is 0 Å². The summed E-state index contributed by atoms with van der Waals surface area (Å²) in [7, 11) is 0. The molecule has 0 atom stereocenters. The molecule has 84 valence electrons. The van der Waals surface area contributed by atoms with Crippen molar-refractivity contribution in [3.63, 3.8) is 0 Å². The molecule has 16 heavy (non-hydrogen) atoms. The maximum absolute atomic E-state index is 11.9.